The number of nitrogens with one attached hydrogen (secondary N) is 2. The third kappa shape index (κ3) is 3.57. The molecule has 0 unspecified atom stereocenters. The van der Waals surface area contributed by atoms with E-state index in [9.17, 15) is 4.79 Å². The number of carbonyl (C=O) groups is 1. The standard InChI is InChI=1S/C19H18N4O/c1-19(22-16-11-5-7-13-20-16,23-17-12-6-8-14-21-17)18(24)15-9-3-2-4-10-15/h2-14H,1H3,(H,20,22)(H,21,23). The fraction of sp³-hybridized carbons (Fsp3) is 0.105. The summed E-state index contributed by atoms with van der Waals surface area (Å²) in [5, 5.41) is 6.38. The molecule has 0 bridgehead atoms. The Morgan fingerprint density at radius 1 is 0.792 bits per heavy atom. The second-order valence-corrected chi connectivity index (χ2v) is 5.50. The molecule has 1 aromatic carbocycles. The number of pyridine rings is 2. The van der Waals surface area contributed by atoms with Crippen LogP contribution in [0.3, 0.4) is 0 Å². The molecule has 5 nitrogen and oxygen atoms in total. The van der Waals surface area contributed by atoms with Gasteiger partial charge in [0.25, 0.3) is 0 Å². The summed E-state index contributed by atoms with van der Waals surface area (Å²) >= 11 is 0. The van der Waals surface area contributed by atoms with Crippen molar-refractivity contribution in [3.05, 3.63) is 84.7 Å². The fourth-order valence-electron chi connectivity index (χ4n) is 2.41. The Morgan fingerprint density at radius 2 is 1.29 bits per heavy atom. The lowest BCUT2D eigenvalue weighted by Crippen LogP contribution is -2.51. The fourth-order valence-corrected chi connectivity index (χ4v) is 2.41. The first-order chi connectivity index (χ1) is 11.7. The predicted octanol–water partition coefficient (Wildman–Crippen LogP) is 3.60. The molecule has 0 saturated carbocycles. The molecule has 0 aliphatic rings. The third-order valence-electron chi connectivity index (χ3n) is 3.58. The van der Waals surface area contributed by atoms with Crippen LogP contribution in [0.2, 0.25) is 0 Å². The first-order valence-corrected chi connectivity index (χ1v) is 7.66. The number of Topliss-reactive ketones (excluding diaryl/α,β-unsaturated/α-hetero) is 1. The number of benzene rings is 1. The topological polar surface area (TPSA) is 66.9 Å². The number of ketones is 1. The van der Waals surface area contributed by atoms with Crippen LogP contribution < -0.4 is 10.6 Å². The van der Waals surface area contributed by atoms with E-state index in [-0.39, 0.29) is 5.78 Å². The van der Waals surface area contributed by atoms with Gasteiger partial charge in [-0.3, -0.25) is 4.79 Å². The number of carbonyl (C=O) groups excluding carboxylic acids is 1. The van der Waals surface area contributed by atoms with Crippen LogP contribution in [-0.2, 0) is 0 Å². The molecule has 0 radical (unpaired) electrons. The first kappa shape index (κ1) is 15.7. The average Bonchev–Trinajstić information content (AvgIpc) is 2.63. The van der Waals surface area contributed by atoms with Gasteiger partial charge in [-0.05, 0) is 31.2 Å². The molecule has 3 rings (SSSR count). The largest absolute Gasteiger partial charge is 0.341 e. The first-order valence-electron chi connectivity index (χ1n) is 7.66. The molecule has 120 valence electrons. The molecule has 24 heavy (non-hydrogen) atoms. The summed E-state index contributed by atoms with van der Waals surface area (Å²) in [4.78, 5) is 21.6. The molecule has 0 aliphatic carbocycles. The van der Waals surface area contributed by atoms with E-state index >= 15 is 0 Å². The Balaban J connectivity index is 1.95. The van der Waals surface area contributed by atoms with Crippen molar-refractivity contribution in [2.45, 2.75) is 12.6 Å². The molecule has 2 N–H and O–H groups in total. The molecule has 5 heteroatoms. The van der Waals surface area contributed by atoms with Crippen LogP contribution >= 0.6 is 0 Å². The van der Waals surface area contributed by atoms with Crippen molar-refractivity contribution in [3.63, 3.8) is 0 Å². The number of nitrogens with zero attached hydrogens (tertiary/aromatic N) is 2. The predicted molar refractivity (Wildman–Crippen MR) is 94.9 cm³/mol. The Kier molecular flexibility index (Phi) is 4.52. The van der Waals surface area contributed by atoms with Gasteiger partial charge in [-0.25, -0.2) is 9.97 Å². The molecule has 3 aromatic rings. The van der Waals surface area contributed by atoms with E-state index in [1.165, 1.54) is 0 Å². The lowest BCUT2D eigenvalue weighted by atomic mass is 9.99. The number of anilines is 2. The summed E-state index contributed by atoms with van der Waals surface area (Å²) in [6, 6.07) is 20.2. The summed E-state index contributed by atoms with van der Waals surface area (Å²) < 4.78 is 0. The van der Waals surface area contributed by atoms with Crippen LogP contribution in [0.25, 0.3) is 0 Å². The van der Waals surface area contributed by atoms with Crippen molar-refractivity contribution in [2.24, 2.45) is 0 Å². The van der Waals surface area contributed by atoms with Gasteiger partial charge in [-0.15, -0.1) is 0 Å². The molecule has 2 aromatic heterocycles. The summed E-state index contributed by atoms with van der Waals surface area (Å²) in [6.07, 6.45) is 3.35. The molecule has 0 amide bonds. The quantitative estimate of drug-likeness (QED) is 0.537. The molecular weight excluding hydrogens is 300 g/mol. The molecule has 2 heterocycles. The van der Waals surface area contributed by atoms with Crippen molar-refractivity contribution in [2.75, 3.05) is 10.6 Å². The van der Waals surface area contributed by atoms with Crippen LogP contribution in [0.15, 0.2) is 79.1 Å². The monoisotopic (exact) mass is 318 g/mol. The Morgan fingerprint density at radius 3 is 1.75 bits per heavy atom. The zero-order valence-corrected chi connectivity index (χ0v) is 13.3. The Labute approximate surface area is 140 Å². The minimum atomic E-state index is -1.09. The van der Waals surface area contributed by atoms with Gasteiger partial charge in [0, 0.05) is 18.0 Å². The number of rotatable bonds is 6. The second kappa shape index (κ2) is 6.91. The van der Waals surface area contributed by atoms with Crippen LogP contribution in [0, 0.1) is 0 Å². The van der Waals surface area contributed by atoms with Crippen LogP contribution in [0.1, 0.15) is 17.3 Å². The van der Waals surface area contributed by atoms with Gasteiger partial charge < -0.3 is 10.6 Å². The summed E-state index contributed by atoms with van der Waals surface area (Å²) in [5.41, 5.74) is -0.490. The molecular formula is C19H18N4O. The Hall–Kier alpha value is -3.21. The van der Waals surface area contributed by atoms with Crippen LogP contribution in [0.5, 0.6) is 0 Å². The molecule has 0 fully saturated rings. The number of hydrogen-bond acceptors (Lipinski definition) is 5. The van der Waals surface area contributed by atoms with E-state index in [4.69, 9.17) is 0 Å². The van der Waals surface area contributed by atoms with Gasteiger partial charge in [0.15, 0.2) is 5.66 Å². The normalized spacial score (nSPS) is 10.9. The van der Waals surface area contributed by atoms with Gasteiger partial charge in [0.1, 0.15) is 11.6 Å². The maximum Gasteiger partial charge on any atom is 0.208 e. The average molecular weight is 318 g/mol. The van der Waals surface area contributed by atoms with E-state index in [0.717, 1.165) is 0 Å². The highest BCUT2D eigenvalue weighted by atomic mass is 16.1. The van der Waals surface area contributed by atoms with Crippen molar-refractivity contribution >= 4 is 17.4 Å². The summed E-state index contributed by atoms with van der Waals surface area (Å²) in [7, 11) is 0. The number of aromatic nitrogens is 2. The SMILES string of the molecule is CC(Nc1ccccn1)(Nc1ccccn1)C(=O)c1ccccc1. The summed E-state index contributed by atoms with van der Waals surface area (Å²) in [5.74, 6) is 1.11. The second-order valence-electron chi connectivity index (χ2n) is 5.50. The lowest BCUT2D eigenvalue weighted by molar-refractivity contribution is 0.0931. The van der Waals surface area contributed by atoms with E-state index < -0.39 is 5.66 Å². The van der Waals surface area contributed by atoms with Crippen LogP contribution in [-0.4, -0.2) is 21.4 Å². The molecule has 0 saturated heterocycles. The highest BCUT2D eigenvalue weighted by molar-refractivity contribution is 6.06. The highest BCUT2D eigenvalue weighted by Gasteiger charge is 2.34. The molecule has 0 aliphatic heterocycles. The van der Waals surface area contributed by atoms with E-state index in [0.29, 0.717) is 17.2 Å². The van der Waals surface area contributed by atoms with Gasteiger partial charge >= 0.3 is 0 Å². The van der Waals surface area contributed by atoms with Crippen molar-refractivity contribution < 1.29 is 4.79 Å². The van der Waals surface area contributed by atoms with Gasteiger partial charge in [-0.1, -0.05) is 42.5 Å². The van der Waals surface area contributed by atoms with E-state index in [1.807, 2.05) is 54.6 Å². The zero-order chi connectivity index (χ0) is 16.8. The van der Waals surface area contributed by atoms with Crippen LogP contribution in [0.4, 0.5) is 11.6 Å². The molecule has 0 spiro atoms. The lowest BCUT2D eigenvalue weighted by Gasteiger charge is -2.31. The van der Waals surface area contributed by atoms with Gasteiger partial charge in [-0.2, -0.15) is 0 Å². The van der Waals surface area contributed by atoms with Crippen molar-refractivity contribution in [3.8, 4) is 0 Å². The van der Waals surface area contributed by atoms with E-state index in [2.05, 4.69) is 20.6 Å². The van der Waals surface area contributed by atoms with Gasteiger partial charge in [0.05, 0.1) is 0 Å². The zero-order valence-electron chi connectivity index (χ0n) is 13.3. The molecule has 0 atom stereocenters. The minimum Gasteiger partial charge on any atom is -0.341 e. The number of hydrogen-bond donors (Lipinski definition) is 2. The minimum absolute atomic E-state index is 0.0978. The van der Waals surface area contributed by atoms with E-state index in [1.54, 1.807) is 31.5 Å². The smallest absolute Gasteiger partial charge is 0.208 e. The summed E-state index contributed by atoms with van der Waals surface area (Å²) in [6.45, 7) is 1.78. The van der Waals surface area contributed by atoms with Crippen molar-refractivity contribution in [1.82, 2.24) is 9.97 Å². The maximum absolute atomic E-state index is 13.1. The third-order valence-corrected chi connectivity index (χ3v) is 3.58. The van der Waals surface area contributed by atoms with Gasteiger partial charge in [0.2, 0.25) is 5.78 Å². The highest BCUT2D eigenvalue weighted by Crippen LogP contribution is 2.21. The van der Waals surface area contributed by atoms with Crippen molar-refractivity contribution in [1.29, 1.82) is 0 Å². The Bertz CT molecular complexity index is 750. The maximum atomic E-state index is 13.1.